The molecule has 0 radical (unpaired) electrons. The molecule has 0 aliphatic carbocycles. The SMILES string of the molecule is CC(=O)OC(C)O/N=N\N(C)CCCC(=O)NS(=O)(=O)c1ccc(-n2nc(C(F)(F)F)cc2-c2ccc(C)cc2)cc1. The fourth-order valence-electron chi connectivity index (χ4n) is 3.59. The number of hydrogen-bond donors (Lipinski definition) is 1. The van der Waals surface area contributed by atoms with Crippen LogP contribution in [-0.4, -0.2) is 55.0 Å². The quantitative estimate of drug-likeness (QED) is 0.136. The molecule has 12 nitrogen and oxygen atoms in total. The molecule has 3 aromatic rings. The van der Waals surface area contributed by atoms with Crippen molar-refractivity contribution in [2.45, 2.75) is 51.0 Å². The molecule has 1 heterocycles. The van der Waals surface area contributed by atoms with Crippen LogP contribution in [0.3, 0.4) is 0 Å². The lowest BCUT2D eigenvalue weighted by molar-refractivity contribution is -0.175. The molecule has 16 heteroatoms. The molecule has 0 saturated carbocycles. The van der Waals surface area contributed by atoms with Gasteiger partial charge in [-0.25, -0.2) is 17.8 Å². The van der Waals surface area contributed by atoms with Crippen molar-refractivity contribution in [1.82, 2.24) is 19.5 Å². The molecule has 0 aliphatic heterocycles. The summed E-state index contributed by atoms with van der Waals surface area (Å²) < 4.78 is 73.5. The second-order valence-electron chi connectivity index (χ2n) is 9.15. The van der Waals surface area contributed by atoms with Gasteiger partial charge in [0.05, 0.1) is 16.3 Å². The fraction of sp³-hybridized carbons (Fsp3) is 0.346. The highest BCUT2D eigenvalue weighted by molar-refractivity contribution is 7.90. The number of hydrogen-bond acceptors (Lipinski definition) is 9. The average molecular weight is 611 g/mol. The van der Waals surface area contributed by atoms with Crippen molar-refractivity contribution in [2.24, 2.45) is 10.5 Å². The number of nitrogens with zero attached hydrogens (tertiary/aromatic N) is 5. The van der Waals surface area contributed by atoms with Crippen molar-refractivity contribution in [3.63, 3.8) is 0 Å². The topological polar surface area (TPSA) is 145 Å². The minimum Gasteiger partial charge on any atom is -0.423 e. The number of esters is 1. The molecule has 1 unspecified atom stereocenters. The molecule has 0 saturated heterocycles. The van der Waals surface area contributed by atoms with E-state index >= 15 is 0 Å². The van der Waals surface area contributed by atoms with Crippen LogP contribution in [-0.2, 0) is 35.4 Å². The first-order chi connectivity index (χ1) is 19.7. The molecule has 0 aliphatic rings. The summed E-state index contributed by atoms with van der Waals surface area (Å²) in [5.41, 5.74) is 0.672. The maximum Gasteiger partial charge on any atom is 0.435 e. The van der Waals surface area contributed by atoms with E-state index in [2.05, 4.69) is 15.6 Å². The van der Waals surface area contributed by atoms with Crippen molar-refractivity contribution in [1.29, 1.82) is 0 Å². The van der Waals surface area contributed by atoms with Gasteiger partial charge in [-0.3, -0.25) is 14.6 Å². The van der Waals surface area contributed by atoms with Crippen LogP contribution in [0.5, 0.6) is 0 Å². The number of aromatic nitrogens is 2. The predicted molar refractivity (Wildman–Crippen MR) is 143 cm³/mol. The Morgan fingerprint density at radius 2 is 1.76 bits per heavy atom. The average Bonchev–Trinajstić information content (AvgIpc) is 3.35. The van der Waals surface area contributed by atoms with E-state index in [-0.39, 0.29) is 35.7 Å². The number of amides is 1. The maximum absolute atomic E-state index is 13.4. The van der Waals surface area contributed by atoms with Gasteiger partial charge in [0.2, 0.25) is 5.91 Å². The summed E-state index contributed by atoms with van der Waals surface area (Å²) in [6, 6.07) is 12.7. The number of halogens is 3. The zero-order valence-electron chi connectivity index (χ0n) is 23.1. The normalized spacial score (nSPS) is 12.6. The van der Waals surface area contributed by atoms with Gasteiger partial charge in [0.15, 0.2) is 5.69 Å². The summed E-state index contributed by atoms with van der Waals surface area (Å²) in [6.07, 6.45) is -5.56. The lowest BCUT2D eigenvalue weighted by atomic mass is 10.1. The van der Waals surface area contributed by atoms with Gasteiger partial charge in [-0.05, 0) is 48.9 Å². The van der Waals surface area contributed by atoms with Crippen LogP contribution in [0.4, 0.5) is 13.2 Å². The number of ether oxygens (including phenoxy) is 1. The lowest BCUT2D eigenvalue weighted by Crippen LogP contribution is -2.31. The zero-order valence-corrected chi connectivity index (χ0v) is 23.9. The monoisotopic (exact) mass is 610 g/mol. The molecule has 0 fully saturated rings. The molecule has 1 aromatic heterocycles. The maximum atomic E-state index is 13.4. The summed E-state index contributed by atoms with van der Waals surface area (Å²) in [4.78, 5) is 27.6. The van der Waals surface area contributed by atoms with Gasteiger partial charge in [0.1, 0.15) is 0 Å². The van der Waals surface area contributed by atoms with Gasteiger partial charge in [0, 0.05) is 44.7 Å². The Morgan fingerprint density at radius 3 is 2.36 bits per heavy atom. The first kappa shape index (κ1) is 32.0. The van der Waals surface area contributed by atoms with Crippen LogP contribution in [0, 0.1) is 6.92 Å². The van der Waals surface area contributed by atoms with E-state index < -0.39 is 40.1 Å². The number of carbonyl (C=O) groups is 2. The molecule has 1 amide bonds. The Morgan fingerprint density at radius 1 is 1.12 bits per heavy atom. The second kappa shape index (κ2) is 13.5. The molecule has 226 valence electrons. The van der Waals surface area contributed by atoms with Crippen molar-refractivity contribution < 1.29 is 40.8 Å². The minimum absolute atomic E-state index is 0.157. The third-order valence-electron chi connectivity index (χ3n) is 5.59. The molecule has 1 N–H and O–H groups in total. The number of carbonyl (C=O) groups excluding carboxylic acids is 2. The summed E-state index contributed by atoms with van der Waals surface area (Å²) in [5.74, 6) is -1.32. The highest BCUT2D eigenvalue weighted by Gasteiger charge is 2.35. The van der Waals surface area contributed by atoms with E-state index in [1.54, 1.807) is 31.3 Å². The Hall–Kier alpha value is -4.47. The van der Waals surface area contributed by atoms with E-state index in [1.165, 1.54) is 43.1 Å². The van der Waals surface area contributed by atoms with Crippen LogP contribution in [0.25, 0.3) is 16.9 Å². The molecular formula is C26H29F3N6O6S. The Balaban J connectivity index is 1.64. The van der Waals surface area contributed by atoms with Crippen LogP contribution >= 0.6 is 0 Å². The second-order valence-corrected chi connectivity index (χ2v) is 10.8. The van der Waals surface area contributed by atoms with Crippen molar-refractivity contribution in [2.75, 3.05) is 13.6 Å². The van der Waals surface area contributed by atoms with Gasteiger partial charge in [0.25, 0.3) is 16.3 Å². The molecular weight excluding hydrogens is 581 g/mol. The first-order valence-corrected chi connectivity index (χ1v) is 14.0. The Bertz CT molecular complexity index is 1520. The highest BCUT2D eigenvalue weighted by Crippen LogP contribution is 2.33. The molecule has 2 aromatic carbocycles. The highest BCUT2D eigenvalue weighted by atomic mass is 32.2. The van der Waals surface area contributed by atoms with Crippen LogP contribution in [0.2, 0.25) is 0 Å². The van der Waals surface area contributed by atoms with E-state index in [4.69, 9.17) is 9.57 Å². The van der Waals surface area contributed by atoms with Crippen LogP contribution in [0.1, 0.15) is 37.9 Å². The van der Waals surface area contributed by atoms with Gasteiger partial charge in [-0.1, -0.05) is 29.8 Å². The van der Waals surface area contributed by atoms with Crippen LogP contribution in [0.15, 0.2) is 70.0 Å². The van der Waals surface area contributed by atoms with Gasteiger partial charge >= 0.3 is 12.1 Å². The Kier molecular flexibility index (Phi) is 10.3. The van der Waals surface area contributed by atoms with Crippen molar-refractivity contribution in [3.8, 4) is 16.9 Å². The molecule has 0 bridgehead atoms. The summed E-state index contributed by atoms with van der Waals surface area (Å²) in [5, 5.41) is 12.1. The smallest absolute Gasteiger partial charge is 0.423 e. The zero-order chi connectivity index (χ0) is 31.1. The summed E-state index contributed by atoms with van der Waals surface area (Å²) in [6.45, 7) is 4.73. The number of sulfonamides is 1. The van der Waals surface area contributed by atoms with E-state index in [1.807, 2.05) is 11.6 Å². The van der Waals surface area contributed by atoms with E-state index in [0.29, 0.717) is 5.56 Å². The largest absolute Gasteiger partial charge is 0.435 e. The standard InChI is InChI=1S/C26H29F3N6O6S/c1-17-7-9-20(10-8-17)23-16-24(26(27,28)29)30-35(23)21-11-13-22(14-12-21)42(38,39)31-25(37)6-5-15-34(4)32-33-41-19(3)40-18(2)36/h7-14,16,19H,5-6,15H2,1-4H3,(H,31,37)/b33-32-. The van der Waals surface area contributed by atoms with Gasteiger partial charge < -0.3 is 9.57 Å². The van der Waals surface area contributed by atoms with Crippen molar-refractivity contribution in [3.05, 3.63) is 65.9 Å². The summed E-state index contributed by atoms with van der Waals surface area (Å²) >= 11 is 0. The molecule has 0 spiro atoms. The molecule has 42 heavy (non-hydrogen) atoms. The third-order valence-corrected chi connectivity index (χ3v) is 6.98. The van der Waals surface area contributed by atoms with Gasteiger partial charge in [-0.15, -0.1) is 0 Å². The lowest BCUT2D eigenvalue weighted by Gasteiger charge is -2.12. The predicted octanol–water partition coefficient (Wildman–Crippen LogP) is 4.59. The third kappa shape index (κ3) is 9.02. The molecule has 3 rings (SSSR count). The number of aryl methyl sites for hydroxylation is 1. The minimum atomic E-state index is -4.69. The number of alkyl halides is 3. The van der Waals surface area contributed by atoms with Crippen molar-refractivity contribution >= 4 is 21.9 Å². The van der Waals surface area contributed by atoms with Gasteiger partial charge in [-0.2, -0.15) is 18.3 Å². The Labute approximate surface area is 240 Å². The fourth-order valence-corrected chi connectivity index (χ4v) is 4.60. The summed E-state index contributed by atoms with van der Waals surface area (Å²) in [7, 11) is -2.71. The first-order valence-electron chi connectivity index (χ1n) is 12.5. The number of benzene rings is 2. The number of nitrogens with one attached hydrogen (secondary N) is 1. The van der Waals surface area contributed by atoms with E-state index in [0.717, 1.165) is 16.3 Å². The van der Waals surface area contributed by atoms with E-state index in [9.17, 15) is 31.2 Å². The molecule has 1 atom stereocenters. The number of rotatable bonds is 12. The van der Waals surface area contributed by atoms with Crippen LogP contribution < -0.4 is 4.72 Å².